The van der Waals surface area contributed by atoms with Crippen LogP contribution in [0.25, 0.3) is 0 Å². The summed E-state index contributed by atoms with van der Waals surface area (Å²) in [6.07, 6.45) is 1.79. The Hall–Kier alpha value is -0.510. The molecule has 0 bridgehead atoms. The second-order valence-corrected chi connectivity index (χ2v) is 4.87. The Bertz CT molecular complexity index is 396. The van der Waals surface area contributed by atoms with Crippen molar-refractivity contribution in [3.05, 3.63) is 22.4 Å². The number of aromatic nitrogens is 1. The first-order valence-electron chi connectivity index (χ1n) is 5.04. The average molecular weight is 244 g/mol. The zero-order valence-corrected chi connectivity index (χ0v) is 9.59. The van der Waals surface area contributed by atoms with Gasteiger partial charge in [0.15, 0.2) is 0 Å². The summed E-state index contributed by atoms with van der Waals surface area (Å²) in [5.41, 5.74) is 1.08. The Morgan fingerprint density at radius 1 is 1.40 bits per heavy atom. The molecule has 1 aromatic rings. The van der Waals surface area contributed by atoms with E-state index in [4.69, 9.17) is 23.2 Å². The minimum absolute atomic E-state index is 0.377. The molecule has 0 aliphatic carbocycles. The SMILES string of the molecule is Clc1cc(N2C[C@H]3CNC[C@H]32)cnc1Cl. The Labute approximate surface area is 98.4 Å². The summed E-state index contributed by atoms with van der Waals surface area (Å²) in [6.45, 7) is 3.29. The molecule has 0 aromatic carbocycles. The fraction of sp³-hybridized carbons (Fsp3) is 0.500. The minimum atomic E-state index is 0.377. The van der Waals surface area contributed by atoms with E-state index in [9.17, 15) is 0 Å². The number of anilines is 1. The van der Waals surface area contributed by atoms with Crippen LogP contribution in [0.2, 0.25) is 10.2 Å². The third-order valence-corrected chi connectivity index (χ3v) is 3.94. The summed E-state index contributed by atoms with van der Waals surface area (Å²) in [7, 11) is 0. The van der Waals surface area contributed by atoms with Gasteiger partial charge in [0.05, 0.1) is 16.9 Å². The summed E-state index contributed by atoms with van der Waals surface area (Å²) in [6, 6.07) is 2.51. The van der Waals surface area contributed by atoms with Crippen LogP contribution in [-0.2, 0) is 0 Å². The topological polar surface area (TPSA) is 28.2 Å². The highest BCUT2D eigenvalue weighted by molar-refractivity contribution is 6.41. The molecule has 3 nitrogen and oxygen atoms in total. The summed E-state index contributed by atoms with van der Waals surface area (Å²) in [4.78, 5) is 6.40. The zero-order chi connectivity index (χ0) is 10.4. The second-order valence-electron chi connectivity index (χ2n) is 4.10. The smallest absolute Gasteiger partial charge is 0.147 e. The monoisotopic (exact) mass is 243 g/mol. The highest BCUT2D eigenvalue weighted by atomic mass is 35.5. The normalized spacial score (nSPS) is 28.8. The van der Waals surface area contributed by atoms with Gasteiger partial charge in [-0.2, -0.15) is 0 Å². The fourth-order valence-corrected chi connectivity index (χ4v) is 2.65. The summed E-state index contributed by atoms with van der Waals surface area (Å²) in [5, 5.41) is 4.30. The van der Waals surface area contributed by atoms with Crippen molar-refractivity contribution < 1.29 is 0 Å². The third-order valence-electron chi connectivity index (χ3n) is 3.25. The molecule has 2 atom stereocenters. The van der Waals surface area contributed by atoms with Crippen molar-refractivity contribution in [3.63, 3.8) is 0 Å². The Kier molecular flexibility index (Phi) is 2.27. The van der Waals surface area contributed by atoms with Crippen LogP contribution in [0.15, 0.2) is 12.3 Å². The predicted molar refractivity (Wildman–Crippen MR) is 61.8 cm³/mol. The molecule has 80 valence electrons. The molecule has 1 N–H and O–H groups in total. The molecule has 0 radical (unpaired) electrons. The highest BCUT2D eigenvalue weighted by Crippen LogP contribution is 2.34. The molecule has 3 rings (SSSR count). The molecule has 3 heterocycles. The number of pyridine rings is 1. The van der Waals surface area contributed by atoms with E-state index in [1.54, 1.807) is 6.20 Å². The molecule has 2 saturated heterocycles. The molecule has 0 saturated carbocycles. The average Bonchev–Trinajstić information content (AvgIpc) is 2.54. The molecule has 2 aliphatic rings. The first-order chi connectivity index (χ1) is 7.25. The van der Waals surface area contributed by atoms with Gasteiger partial charge < -0.3 is 10.2 Å². The number of nitrogens with one attached hydrogen (secondary N) is 1. The molecule has 1 aromatic heterocycles. The van der Waals surface area contributed by atoms with E-state index in [2.05, 4.69) is 15.2 Å². The van der Waals surface area contributed by atoms with Gasteiger partial charge in [-0.3, -0.25) is 0 Å². The molecule has 5 heteroatoms. The van der Waals surface area contributed by atoms with Gasteiger partial charge in [0.2, 0.25) is 0 Å². The summed E-state index contributed by atoms with van der Waals surface area (Å²) >= 11 is 11.7. The van der Waals surface area contributed by atoms with E-state index >= 15 is 0 Å². The fourth-order valence-electron chi connectivity index (χ4n) is 2.39. The number of nitrogens with zero attached hydrogens (tertiary/aromatic N) is 2. The largest absolute Gasteiger partial charge is 0.365 e. The van der Waals surface area contributed by atoms with Gasteiger partial charge in [0.25, 0.3) is 0 Å². The van der Waals surface area contributed by atoms with Gasteiger partial charge in [-0.1, -0.05) is 23.2 Å². The standard InChI is InChI=1S/C10H11Cl2N3/c11-8-1-7(3-14-10(8)12)15-5-6-2-13-4-9(6)15/h1,3,6,9,13H,2,4-5H2/t6-,9-/m1/s1. The maximum Gasteiger partial charge on any atom is 0.147 e. The third kappa shape index (κ3) is 1.50. The lowest BCUT2D eigenvalue weighted by molar-refractivity contribution is 0.365. The van der Waals surface area contributed by atoms with Crippen LogP contribution in [-0.4, -0.2) is 30.7 Å². The molecular formula is C10H11Cl2N3. The van der Waals surface area contributed by atoms with Crippen LogP contribution in [0.1, 0.15) is 0 Å². The van der Waals surface area contributed by atoms with E-state index in [1.807, 2.05) is 6.07 Å². The van der Waals surface area contributed by atoms with Gasteiger partial charge >= 0.3 is 0 Å². The quantitative estimate of drug-likeness (QED) is 0.763. The molecule has 15 heavy (non-hydrogen) atoms. The van der Waals surface area contributed by atoms with Crippen molar-refractivity contribution in [1.29, 1.82) is 0 Å². The van der Waals surface area contributed by atoms with Gasteiger partial charge in [0.1, 0.15) is 5.15 Å². The number of fused-ring (bicyclic) bond motifs is 1. The lowest BCUT2D eigenvalue weighted by Crippen LogP contribution is -2.55. The van der Waals surface area contributed by atoms with Crippen molar-refractivity contribution in [2.75, 3.05) is 24.5 Å². The van der Waals surface area contributed by atoms with E-state index in [0.717, 1.165) is 31.2 Å². The molecule has 0 spiro atoms. The highest BCUT2D eigenvalue weighted by Gasteiger charge is 2.42. The van der Waals surface area contributed by atoms with Crippen molar-refractivity contribution in [2.24, 2.45) is 5.92 Å². The molecule has 2 fully saturated rings. The first kappa shape index (κ1) is 9.70. The van der Waals surface area contributed by atoms with Gasteiger partial charge in [-0.25, -0.2) is 4.98 Å². The Balaban J connectivity index is 1.85. The van der Waals surface area contributed by atoms with Crippen LogP contribution in [0.3, 0.4) is 0 Å². The first-order valence-corrected chi connectivity index (χ1v) is 5.79. The van der Waals surface area contributed by atoms with Crippen LogP contribution >= 0.6 is 23.2 Å². The lowest BCUT2D eigenvalue weighted by atomic mass is 9.91. The Morgan fingerprint density at radius 2 is 2.27 bits per heavy atom. The zero-order valence-electron chi connectivity index (χ0n) is 8.08. The second kappa shape index (κ2) is 3.51. The minimum Gasteiger partial charge on any atom is -0.365 e. The lowest BCUT2D eigenvalue weighted by Gasteiger charge is -2.45. The van der Waals surface area contributed by atoms with E-state index in [1.165, 1.54) is 0 Å². The number of rotatable bonds is 1. The van der Waals surface area contributed by atoms with E-state index in [0.29, 0.717) is 16.2 Å². The van der Waals surface area contributed by atoms with Crippen molar-refractivity contribution in [3.8, 4) is 0 Å². The molecule has 2 aliphatic heterocycles. The van der Waals surface area contributed by atoms with E-state index < -0.39 is 0 Å². The maximum atomic E-state index is 5.95. The predicted octanol–water partition coefficient (Wildman–Crippen LogP) is 1.80. The summed E-state index contributed by atoms with van der Waals surface area (Å²) < 4.78 is 0. The van der Waals surface area contributed by atoms with Gasteiger partial charge in [-0.15, -0.1) is 0 Å². The number of hydrogen-bond donors (Lipinski definition) is 1. The van der Waals surface area contributed by atoms with Crippen molar-refractivity contribution in [1.82, 2.24) is 10.3 Å². The molecule has 0 unspecified atom stereocenters. The Morgan fingerprint density at radius 3 is 3.00 bits per heavy atom. The van der Waals surface area contributed by atoms with E-state index in [-0.39, 0.29) is 0 Å². The number of hydrogen-bond acceptors (Lipinski definition) is 3. The molecular weight excluding hydrogens is 233 g/mol. The van der Waals surface area contributed by atoms with Crippen LogP contribution < -0.4 is 10.2 Å². The van der Waals surface area contributed by atoms with Crippen LogP contribution in [0.4, 0.5) is 5.69 Å². The maximum absolute atomic E-state index is 5.95. The van der Waals surface area contributed by atoms with Crippen LogP contribution in [0.5, 0.6) is 0 Å². The summed E-state index contributed by atoms with van der Waals surface area (Å²) in [5.74, 6) is 0.791. The number of halogens is 2. The van der Waals surface area contributed by atoms with Gasteiger partial charge in [0, 0.05) is 31.6 Å². The van der Waals surface area contributed by atoms with Crippen molar-refractivity contribution >= 4 is 28.9 Å². The molecule has 0 amide bonds. The van der Waals surface area contributed by atoms with Crippen molar-refractivity contribution in [2.45, 2.75) is 6.04 Å². The van der Waals surface area contributed by atoms with Gasteiger partial charge in [-0.05, 0) is 6.07 Å². The van der Waals surface area contributed by atoms with Crippen LogP contribution in [0, 0.1) is 5.92 Å².